The molecule has 2 fully saturated rings. The number of nitrogens with zero attached hydrogens (tertiary/aromatic N) is 2. The van der Waals surface area contributed by atoms with Gasteiger partial charge in [-0.1, -0.05) is 0 Å². The predicted octanol–water partition coefficient (Wildman–Crippen LogP) is 2.63. The number of hydrogen-bond donors (Lipinski definition) is 1. The summed E-state index contributed by atoms with van der Waals surface area (Å²) in [5, 5.41) is 3.23. The average Bonchev–Trinajstić information content (AvgIpc) is 3.03. The first-order valence-corrected chi connectivity index (χ1v) is 8.37. The number of aryl methyl sites for hydroxylation is 1. The molecule has 0 spiro atoms. The Balaban J connectivity index is 1.64. The maximum absolute atomic E-state index is 12.4. The highest BCUT2D eigenvalue weighted by Gasteiger charge is 2.32. The Morgan fingerprint density at radius 3 is 3.10 bits per heavy atom. The fourth-order valence-corrected chi connectivity index (χ4v) is 4.01. The van der Waals surface area contributed by atoms with Crippen molar-refractivity contribution in [3.8, 4) is 0 Å². The van der Waals surface area contributed by atoms with Crippen molar-refractivity contribution in [3.05, 3.63) is 22.4 Å². The molecular formula is C15H22BrN3O. The number of rotatable bonds is 3. The second kappa shape index (κ2) is 5.90. The van der Waals surface area contributed by atoms with Gasteiger partial charge in [0.1, 0.15) is 5.69 Å². The number of aromatic nitrogens is 1. The van der Waals surface area contributed by atoms with Crippen molar-refractivity contribution in [3.63, 3.8) is 0 Å². The van der Waals surface area contributed by atoms with Crippen LogP contribution < -0.4 is 5.32 Å². The highest BCUT2D eigenvalue weighted by Crippen LogP contribution is 2.27. The first-order chi connectivity index (χ1) is 9.67. The second-order valence-electron chi connectivity index (χ2n) is 5.86. The smallest absolute Gasteiger partial charge is 0.268 e. The Morgan fingerprint density at radius 2 is 2.30 bits per heavy atom. The molecule has 0 bridgehead atoms. The molecule has 0 aromatic carbocycles. The molecule has 4 nitrogen and oxygen atoms in total. The van der Waals surface area contributed by atoms with Crippen LogP contribution >= 0.6 is 15.9 Å². The van der Waals surface area contributed by atoms with Crippen molar-refractivity contribution in [1.82, 2.24) is 14.8 Å². The van der Waals surface area contributed by atoms with Crippen LogP contribution in [0.5, 0.6) is 0 Å². The maximum Gasteiger partial charge on any atom is 0.268 e. The molecule has 3 rings (SSSR count). The summed E-state index contributed by atoms with van der Waals surface area (Å²) in [6.45, 7) is 5.25. The number of hydrogen-bond acceptors (Lipinski definition) is 2. The quantitative estimate of drug-likeness (QED) is 0.919. The van der Waals surface area contributed by atoms with Crippen LogP contribution in [0.3, 0.4) is 0 Å². The van der Waals surface area contributed by atoms with E-state index in [2.05, 4.69) is 33.1 Å². The molecule has 0 radical (unpaired) electrons. The van der Waals surface area contributed by atoms with Crippen LogP contribution in [-0.2, 0) is 6.54 Å². The molecule has 1 aromatic rings. The van der Waals surface area contributed by atoms with E-state index in [-0.39, 0.29) is 5.91 Å². The molecule has 2 aliphatic heterocycles. The number of piperidine rings is 1. The third-order valence-corrected chi connectivity index (χ3v) is 5.03. The van der Waals surface area contributed by atoms with Gasteiger partial charge in [-0.15, -0.1) is 0 Å². The van der Waals surface area contributed by atoms with Gasteiger partial charge in [0.05, 0.1) is 0 Å². The van der Waals surface area contributed by atoms with Gasteiger partial charge in [0.2, 0.25) is 0 Å². The summed E-state index contributed by atoms with van der Waals surface area (Å²) in [7, 11) is 0. The summed E-state index contributed by atoms with van der Waals surface area (Å²) in [4.78, 5) is 15.0. The van der Waals surface area contributed by atoms with Crippen molar-refractivity contribution >= 4 is 21.8 Å². The molecule has 1 aromatic heterocycles. The zero-order valence-electron chi connectivity index (χ0n) is 11.9. The van der Waals surface area contributed by atoms with Crippen LogP contribution in [0.4, 0.5) is 0 Å². The third-order valence-electron chi connectivity index (χ3n) is 4.59. The minimum absolute atomic E-state index is 0.0639. The zero-order chi connectivity index (χ0) is 14.1. The lowest BCUT2D eigenvalue weighted by molar-refractivity contribution is 0.0887. The van der Waals surface area contributed by atoms with E-state index >= 15 is 0 Å². The molecule has 20 heavy (non-hydrogen) atoms. The fourth-order valence-electron chi connectivity index (χ4n) is 3.54. The van der Waals surface area contributed by atoms with Crippen LogP contribution in [0.1, 0.15) is 43.1 Å². The van der Waals surface area contributed by atoms with Gasteiger partial charge in [-0.3, -0.25) is 4.79 Å². The number of amides is 1. The number of carbonyl (C=O) groups excluding carboxylic acids is 1. The van der Waals surface area contributed by atoms with Crippen molar-refractivity contribution in [2.45, 2.75) is 51.2 Å². The van der Waals surface area contributed by atoms with Crippen molar-refractivity contribution in [2.24, 2.45) is 0 Å². The molecular weight excluding hydrogens is 318 g/mol. The van der Waals surface area contributed by atoms with Crippen LogP contribution in [0.2, 0.25) is 0 Å². The van der Waals surface area contributed by atoms with Gasteiger partial charge >= 0.3 is 0 Å². The number of halogens is 1. The lowest BCUT2D eigenvalue weighted by Crippen LogP contribution is -2.47. The molecule has 110 valence electrons. The van der Waals surface area contributed by atoms with Gasteiger partial charge in [0.15, 0.2) is 0 Å². The molecule has 1 amide bonds. The normalized spacial score (nSPS) is 26.5. The zero-order valence-corrected chi connectivity index (χ0v) is 13.5. The summed E-state index contributed by atoms with van der Waals surface area (Å²) < 4.78 is 2.96. The van der Waals surface area contributed by atoms with Crippen molar-refractivity contribution in [1.29, 1.82) is 0 Å². The summed E-state index contributed by atoms with van der Waals surface area (Å²) in [6.07, 6.45) is 6.77. The number of fused-ring (bicyclic) bond motifs is 1. The van der Waals surface area contributed by atoms with E-state index in [1.54, 1.807) is 0 Å². The van der Waals surface area contributed by atoms with E-state index in [9.17, 15) is 4.79 Å². The number of nitrogens with one attached hydrogen (secondary N) is 1. The van der Waals surface area contributed by atoms with E-state index < -0.39 is 0 Å². The van der Waals surface area contributed by atoms with Gasteiger partial charge in [0.25, 0.3) is 5.91 Å². The van der Waals surface area contributed by atoms with Crippen molar-refractivity contribution < 1.29 is 4.79 Å². The highest BCUT2D eigenvalue weighted by atomic mass is 79.9. The second-order valence-corrected chi connectivity index (χ2v) is 6.77. The van der Waals surface area contributed by atoms with E-state index in [1.165, 1.54) is 19.4 Å². The standard InChI is InChI=1S/C15H22BrN3O/c1-2-18-10-11(16)8-14(18)15(20)17-12-5-7-19-6-3-4-13(19)9-12/h8,10,12-13H,2-7,9H2,1H3,(H,17,20). The summed E-state index contributed by atoms with van der Waals surface area (Å²) in [5.41, 5.74) is 0.758. The van der Waals surface area contributed by atoms with E-state index in [0.29, 0.717) is 12.1 Å². The Kier molecular flexibility index (Phi) is 4.17. The van der Waals surface area contributed by atoms with Gasteiger partial charge in [-0.25, -0.2) is 0 Å². The summed E-state index contributed by atoms with van der Waals surface area (Å²) in [5.74, 6) is 0.0639. The average molecular weight is 340 g/mol. The Hall–Kier alpha value is -0.810. The van der Waals surface area contributed by atoms with Gasteiger partial charge in [0, 0.05) is 35.8 Å². The molecule has 1 N–H and O–H groups in total. The first-order valence-electron chi connectivity index (χ1n) is 7.58. The van der Waals surface area contributed by atoms with Gasteiger partial charge < -0.3 is 14.8 Å². The number of carbonyl (C=O) groups is 1. The highest BCUT2D eigenvalue weighted by molar-refractivity contribution is 9.10. The van der Waals surface area contributed by atoms with Gasteiger partial charge in [-0.2, -0.15) is 0 Å². The predicted molar refractivity (Wildman–Crippen MR) is 82.9 cm³/mol. The molecule has 2 atom stereocenters. The minimum atomic E-state index is 0.0639. The van der Waals surface area contributed by atoms with Crippen LogP contribution in [0.15, 0.2) is 16.7 Å². The minimum Gasteiger partial charge on any atom is -0.348 e. The Morgan fingerprint density at radius 1 is 1.45 bits per heavy atom. The van der Waals surface area contributed by atoms with Gasteiger partial charge in [-0.05, 0) is 61.1 Å². The SMILES string of the molecule is CCn1cc(Br)cc1C(=O)NC1CCN2CCCC2C1. The summed E-state index contributed by atoms with van der Waals surface area (Å²) in [6, 6.07) is 2.93. The van der Waals surface area contributed by atoms with E-state index in [4.69, 9.17) is 0 Å². The van der Waals surface area contributed by atoms with Crippen molar-refractivity contribution in [2.75, 3.05) is 13.1 Å². The van der Waals surface area contributed by atoms with Crippen LogP contribution in [-0.4, -0.2) is 40.5 Å². The largest absolute Gasteiger partial charge is 0.348 e. The molecule has 0 aliphatic carbocycles. The maximum atomic E-state index is 12.4. The monoisotopic (exact) mass is 339 g/mol. The lowest BCUT2D eigenvalue weighted by Gasteiger charge is -2.35. The fraction of sp³-hybridized carbons (Fsp3) is 0.667. The lowest BCUT2D eigenvalue weighted by atomic mass is 9.97. The third kappa shape index (κ3) is 2.79. The first kappa shape index (κ1) is 14.1. The van der Waals surface area contributed by atoms with E-state index in [0.717, 1.165) is 36.1 Å². The Bertz CT molecular complexity index is 499. The molecule has 3 heterocycles. The molecule has 0 saturated carbocycles. The molecule has 2 unspecified atom stereocenters. The molecule has 2 aliphatic rings. The molecule has 2 saturated heterocycles. The topological polar surface area (TPSA) is 37.3 Å². The summed E-state index contributed by atoms with van der Waals surface area (Å²) >= 11 is 3.45. The molecule has 5 heteroatoms. The van der Waals surface area contributed by atoms with Crippen LogP contribution in [0.25, 0.3) is 0 Å². The Labute approximate surface area is 128 Å². The van der Waals surface area contributed by atoms with Crippen LogP contribution in [0, 0.1) is 0 Å². The van der Waals surface area contributed by atoms with E-state index in [1.807, 2.05) is 16.8 Å².